The van der Waals surface area contributed by atoms with Crippen molar-refractivity contribution in [2.24, 2.45) is 11.8 Å². The van der Waals surface area contributed by atoms with E-state index < -0.39 is 12.1 Å². The van der Waals surface area contributed by atoms with Gasteiger partial charge in [0.15, 0.2) is 0 Å². The number of rotatable bonds is 10. The van der Waals surface area contributed by atoms with Crippen LogP contribution in [0.15, 0.2) is 60.7 Å². The lowest BCUT2D eigenvalue weighted by atomic mass is 10.00. The van der Waals surface area contributed by atoms with Crippen molar-refractivity contribution in [3.05, 3.63) is 72.3 Å². The molecule has 58 heavy (non-hydrogen) atoms. The molecule has 4 N–H and O–H groups in total. The average molecular weight is 867 g/mol. The summed E-state index contributed by atoms with van der Waals surface area (Å²) in [5.74, 6) is 0.927. The molecule has 0 radical (unpaired) electrons. The first-order valence-corrected chi connectivity index (χ1v) is 19.1. The van der Waals surface area contributed by atoms with Crippen LogP contribution in [-0.4, -0.2) is 78.5 Å². The number of fused-ring (bicyclic) bond motifs is 2. The van der Waals surface area contributed by atoms with Crippen LogP contribution >= 0.6 is 54.0 Å². The summed E-state index contributed by atoms with van der Waals surface area (Å²) in [6.45, 7) is 11.9. The van der Waals surface area contributed by atoms with E-state index in [4.69, 9.17) is 9.97 Å². The van der Waals surface area contributed by atoms with Gasteiger partial charge in [0.05, 0.1) is 34.2 Å². The highest BCUT2D eigenvalue weighted by molar-refractivity contribution is 7.59. The molecule has 0 aliphatic carbocycles. The number of benzene rings is 3. The standard InChI is InChI=1S/C42H50N8O4.4H2S/c1-23(2)37(43-25(5)51)41(53)49-19-7-9-35(49)39-45-31-17-15-29(21-33(31)47-39)27-11-13-28(14-12-27)30-16-18-32-34(22-30)48-40(46-32)36-10-8-20-50(36)42(54)38(24(3)4)44-26(6)52;;;;/h11-18,21-24,35-38H,7-10,19-20H2,1-6H3,(H,43,51)(H,44,52)(H,45,47)(H,46,48);4*1H2/t35-,36-,37-,38-;;;;/m0..../s1. The van der Waals surface area contributed by atoms with Gasteiger partial charge in [-0.25, -0.2) is 9.97 Å². The molecule has 4 heterocycles. The van der Waals surface area contributed by atoms with E-state index in [0.29, 0.717) is 13.1 Å². The molecule has 2 aromatic heterocycles. The van der Waals surface area contributed by atoms with E-state index in [1.807, 2.05) is 49.6 Å². The number of carbonyl (C=O) groups excluding carboxylic acids is 4. The molecule has 2 aliphatic heterocycles. The highest BCUT2D eigenvalue weighted by Crippen LogP contribution is 2.36. The van der Waals surface area contributed by atoms with E-state index in [9.17, 15) is 19.2 Å². The monoisotopic (exact) mass is 866 g/mol. The zero-order valence-corrected chi connectivity index (χ0v) is 37.9. The second kappa shape index (κ2) is 20.2. The third-order valence-electron chi connectivity index (χ3n) is 10.8. The number of carbonyl (C=O) groups is 4. The summed E-state index contributed by atoms with van der Waals surface area (Å²) in [6.07, 6.45) is 3.39. The SMILES string of the molecule is CC(=O)N[C@H](C(=O)N1CCC[C@H]1c1nc2ccc(-c3ccc(-c4ccc5nc([C@@H]6CCCN6C(=O)[C@@H](NC(C)=O)C(C)C)[nH]c5c4)cc3)cc2[nH]1)C(C)C.S.S.S.S. The van der Waals surface area contributed by atoms with Crippen molar-refractivity contribution in [1.82, 2.24) is 40.4 Å². The largest absolute Gasteiger partial charge is 0.344 e. The molecule has 4 amide bonds. The number of likely N-dealkylation sites (tertiary alicyclic amines) is 2. The Morgan fingerprint density at radius 1 is 0.586 bits per heavy atom. The molecular formula is C42H58N8O4S4. The van der Waals surface area contributed by atoms with Crippen LogP contribution < -0.4 is 10.6 Å². The van der Waals surface area contributed by atoms with Crippen LogP contribution in [0.4, 0.5) is 0 Å². The number of imidazole rings is 2. The number of aromatic nitrogens is 4. The van der Waals surface area contributed by atoms with Gasteiger partial charge in [-0.3, -0.25) is 19.2 Å². The molecule has 7 rings (SSSR count). The Morgan fingerprint density at radius 2 is 0.931 bits per heavy atom. The predicted molar refractivity (Wildman–Crippen MR) is 250 cm³/mol. The average Bonchev–Trinajstić information content (AvgIpc) is 3.96. The minimum absolute atomic E-state index is 0. The summed E-state index contributed by atoms with van der Waals surface area (Å²) in [6, 6.07) is 19.4. The summed E-state index contributed by atoms with van der Waals surface area (Å²) in [7, 11) is 0. The van der Waals surface area contributed by atoms with E-state index in [1.54, 1.807) is 0 Å². The highest BCUT2D eigenvalue weighted by Gasteiger charge is 2.38. The molecule has 0 unspecified atom stereocenters. The van der Waals surface area contributed by atoms with Gasteiger partial charge in [-0.05, 0) is 84.0 Å². The molecule has 4 atom stereocenters. The minimum atomic E-state index is -0.568. The smallest absolute Gasteiger partial charge is 0.246 e. The van der Waals surface area contributed by atoms with Crippen molar-refractivity contribution >= 4 is 99.7 Å². The molecule has 0 saturated carbocycles. The number of amides is 4. The molecule has 314 valence electrons. The molecule has 3 aromatic carbocycles. The van der Waals surface area contributed by atoms with Crippen LogP contribution in [0.1, 0.15) is 91.0 Å². The Bertz CT molecular complexity index is 2070. The molecule has 2 saturated heterocycles. The Morgan fingerprint density at radius 3 is 1.26 bits per heavy atom. The van der Waals surface area contributed by atoms with Crippen molar-refractivity contribution in [3.63, 3.8) is 0 Å². The van der Waals surface area contributed by atoms with E-state index in [0.717, 1.165) is 81.7 Å². The van der Waals surface area contributed by atoms with Gasteiger partial charge in [-0.2, -0.15) is 54.0 Å². The van der Waals surface area contributed by atoms with Crippen molar-refractivity contribution in [2.75, 3.05) is 13.1 Å². The molecule has 16 heteroatoms. The van der Waals surface area contributed by atoms with E-state index in [-0.39, 0.29) is 102 Å². The lowest BCUT2D eigenvalue weighted by Gasteiger charge is -2.30. The molecular weight excluding hydrogens is 809 g/mol. The molecule has 0 spiro atoms. The van der Waals surface area contributed by atoms with Crippen molar-refractivity contribution in [1.29, 1.82) is 0 Å². The van der Waals surface area contributed by atoms with E-state index >= 15 is 0 Å². The second-order valence-electron chi connectivity index (χ2n) is 15.5. The van der Waals surface area contributed by atoms with Gasteiger partial charge >= 0.3 is 0 Å². The fourth-order valence-corrected chi connectivity index (χ4v) is 8.04. The third kappa shape index (κ3) is 10.0. The van der Waals surface area contributed by atoms with Gasteiger partial charge in [0.1, 0.15) is 23.7 Å². The summed E-state index contributed by atoms with van der Waals surface area (Å²) < 4.78 is 0. The Labute approximate surface area is 368 Å². The first kappa shape index (κ1) is 48.3. The number of hydrogen-bond donors (Lipinski definition) is 4. The van der Waals surface area contributed by atoms with Crippen LogP contribution in [0.2, 0.25) is 0 Å². The molecule has 0 bridgehead atoms. The fourth-order valence-electron chi connectivity index (χ4n) is 8.04. The lowest BCUT2D eigenvalue weighted by Crippen LogP contribution is -2.50. The van der Waals surface area contributed by atoms with Gasteiger partial charge in [0.2, 0.25) is 23.6 Å². The lowest BCUT2D eigenvalue weighted by molar-refractivity contribution is -0.138. The quantitative estimate of drug-likeness (QED) is 0.120. The van der Waals surface area contributed by atoms with E-state index in [1.165, 1.54) is 13.8 Å². The molecule has 5 aromatic rings. The van der Waals surface area contributed by atoms with Gasteiger partial charge in [0.25, 0.3) is 0 Å². The Balaban J connectivity index is 0.00000225. The topological polar surface area (TPSA) is 156 Å². The summed E-state index contributed by atoms with van der Waals surface area (Å²) >= 11 is 0. The second-order valence-corrected chi connectivity index (χ2v) is 15.5. The minimum Gasteiger partial charge on any atom is -0.344 e. The normalized spacial score (nSPS) is 17.2. The van der Waals surface area contributed by atoms with Gasteiger partial charge in [0, 0.05) is 26.9 Å². The van der Waals surface area contributed by atoms with Gasteiger partial charge in [-0.1, -0.05) is 64.1 Å². The maximum absolute atomic E-state index is 13.6. The third-order valence-corrected chi connectivity index (χ3v) is 10.8. The first-order valence-electron chi connectivity index (χ1n) is 19.1. The van der Waals surface area contributed by atoms with Crippen LogP contribution in [-0.2, 0) is 19.2 Å². The van der Waals surface area contributed by atoms with Gasteiger partial charge in [-0.15, -0.1) is 0 Å². The molecule has 2 aliphatic rings. The number of nitrogens with one attached hydrogen (secondary N) is 4. The number of nitrogens with zero attached hydrogens (tertiary/aromatic N) is 4. The molecule has 12 nitrogen and oxygen atoms in total. The van der Waals surface area contributed by atoms with Crippen molar-refractivity contribution in [3.8, 4) is 22.3 Å². The van der Waals surface area contributed by atoms with Gasteiger partial charge < -0.3 is 30.4 Å². The fraction of sp³-hybridized carbons (Fsp3) is 0.429. The summed E-state index contributed by atoms with van der Waals surface area (Å²) in [5, 5.41) is 5.68. The number of aromatic amines is 2. The first-order chi connectivity index (χ1) is 25.9. The summed E-state index contributed by atoms with van der Waals surface area (Å²) in [5.41, 5.74) is 7.75. The predicted octanol–water partition coefficient (Wildman–Crippen LogP) is 6.87. The summed E-state index contributed by atoms with van der Waals surface area (Å²) in [4.78, 5) is 71.3. The van der Waals surface area contributed by atoms with Crippen LogP contribution in [0.3, 0.4) is 0 Å². The Kier molecular flexibility index (Phi) is 16.8. The van der Waals surface area contributed by atoms with Crippen LogP contribution in [0.25, 0.3) is 44.3 Å². The number of H-pyrrole nitrogens is 2. The van der Waals surface area contributed by atoms with E-state index in [2.05, 4.69) is 69.1 Å². The maximum atomic E-state index is 13.6. The highest BCUT2D eigenvalue weighted by atomic mass is 32.1. The van der Waals surface area contributed by atoms with Crippen molar-refractivity contribution in [2.45, 2.75) is 91.4 Å². The Hall–Kier alpha value is -4.12. The number of hydrogen-bond acceptors (Lipinski definition) is 6. The zero-order valence-electron chi connectivity index (χ0n) is 33.9. The van der Waals surface area contributed by atoms with Crippen molar-refractivity contribution < 1.29 is 19.2 Å². The maximum Gasteiger partial charge on any atom is 0.246 e. The zero-order chi connectivity index (χ0) is 38.3. The van der Waals surface area contributed by atoms with Crippen LogP contribution in [0.5, 0.6) is 0 Å². The molecule has 2 fully saturated rings. The van der Waals surface area contributed by atoms with Crippen LogP contribution in [0, 0.1) is 11.8 Å².